The Kier molecular flexibility index (Phi) is 6.54. The van der Waals surface area contributed by atoms with Crippen LogP contribution in [-0.2, 0) is 0 Å². The number of hydrogen-bond acceptors (Lipinski definition) is 2. The zero-order valence-corrected chi connectivity index (χ0v) is 15.3. The molecule has 0 saturated carbocycles. The standard InChI is InChI=1S/C17H26BrClN2/c1-12(2)13-4-3-8-21(9-7-13)17(11-20)15-6-5-14(19)10-16(15)18/h5-6,10,12-13,17H,3-4,7-9,11,20H2,1-2H3. The maximum absolute atomic E-state index is 6.09. The number of benzene rings is 1. The summed E-state index contributed by atoms with van der Waals surface area (Å²) in [5.41, 5.74) is 7.35. The fourth-order valence-corrected chi connectivity index (χ4v) is 4.31. The van der Waals surface area contributed by atoms with Crippen LogP contribution in [0.3, 0.4) is 0 Å². The van der Waals surface area contributed by atoms with Crippen LogP contribution in [0.25, 0.3) is 0 Å². The molecule has 2 atom stereocenters. The second kappa shape index (κ2) is 7.96. The van der Waals surface area contributed by atoms with Gasteiger partial charge in [-0.25, -0.2) is 0 Å². The second-order valence-electron chi connectivity index (χ2n) is 6.39. The Morgan fingerprint density at radius 1 is 1.33 bits per heavy atom. The Morgan fingerprint density at radius 2 is 2.10 bits per heavy atom. The van der Waals surface area contributed by atoms with Crippen molar-refractivity contribution in [3.8, 4) is 0 Å². The van der Waals surface area contributed by atoms with Gasteiger partial charge >= 0.3 is 0 Å². The predicted octanol–water partition coefficient (Wildman–Crippen LogP) is 4.86. The molecule has 21 heavy (non-hydrogen) atoms. The predicted molar refractivity (Wildman–Crippen MR) is 94.7 cm³/mol. The van der Waals surface area contributed by atoms with Crippen LogP contribution >= 0.6 is 27.5 Å². The van der Waals surface area contributed by atoms with Gasteiger partial charge in [-0.1, -0.05) is 47.4 Å². The van der Waals surface area contributed by atoms with E-state index in [0.29, 0.717) is 6.54 Å². The van der Waals surface area contributed by atoms with E-state index in [0.717, 1.165) is 34.4 Å². The topological polar surface area (TPSA) is 29.3 Å². The van der Waals surface area contributed by atoms with Gasteiger partial charge in [0, 0.05) is 22.1 Å². The molecule has 4 heteroatoms. The maximum Gasteiger partial charge on any atom is 0.0481 e. The van der Waals surface area contributed by atoms with Crippen molar-refractivity contribution in [1.29, 1.82) is 0 Å². The van der Waals surface area contributed by atoms with Crippen LogP contribution in [0.15, 0.2) is 22.7 Å². The average molecular weight is 374 g/mol. The Labute approximate surface area is 142 Å². The van der Waals surface area contributed by atoms with Gasteiger partial charge in [0.15, 0.2) is 0 Å². The molecule has 0 aliphatic carbocycles. The Balaban J connectivity index is 2.13. The van der Waals surface area contributed by atoms with Crippen LogP contribution in [0.4, 0.5) is 0 Å². The second-order valence-corrected chi connectivity index (χ2v) is 7.68. The number of halogens is 2. The van der Waals surface area contributed by atoms with Gasteiger partial charge in [-0.15, -0.1) is 0 Å². The normalized spacial score (nSPS) is 22.3. The van der Waals surface area contributed by atoms with Crippen LogP contribution in [0.5, 0.6) is 0 Å². The summed E-state index contributed by atoms with van der Waals surface area (Å²) in [6, 6.07) is 6.31. The number of hydrogen-bond donors (Lipinski definition) is 1. The fraction of sp³-hybridized carbons (Fsp3) is 0.647. The van der Waals surface area contributed by atoms with Crippen molar-refractivity contribution in [2.45, 2.75) is 39.2 Å². The molecule has 2 N–H and O–H groups in total. The highest BCUT2D eigenvalue weighted by atomic mass is 79.9. The summed E-state index contributed by atoms with van der Waals surface area (Å²) in [6.07, 6.45) is 3.89. The van der Waals surface area contributed by atoms with Gasteiger partial charge in [0.2, 0.25) is 0 Å². The van der Waals surface area contributed by atoms with E-state index in [1.165, 1.54) is 24.8 Å². The van der Waals surface area contributed by atoms with Crippen molar-refractivity contribution >= 4 is 27.5 Å². The highest BCUT2D eigenvalue weighted by molar-refractivity contribution is 9.10. The summed E-state index contributed by atoms with van der Waals surface area (Å²) in [5.74, 6) is 1.63. The van der Waals surface area contributed by atoms with Crippen LogP contribution in [-0.4, -0.2) is 24.5 Å². The van der Waals surface area contributed by atoms with Crippen LogP contribution < -0.4 is 5.73 Å². The highest BCUT2D eigenvalue weighted by Gasteiger charge is 2.25. The van der Waals surface area contributed by atoms with E-state index >= 15 is 0 Å². The summed E-state index contributed by atoms with van der Waals surface area (Å²) in [5, 5.41) is 0.761. The van der Waals surface area contributed by atoms with Crippen molar-refractivity contribution in [2.75, 3.05) is 19.6 Å². The van der Waals surface area contributed by atoms with Crippen LogP contribution in [0.1, 0.15) is 44.7 Å². The van der Waals surface area contributed by atoms with Crippen LogP contribution in [0, 0.1) is 11.8 Å². The third-order valence-electron chi connectivity index (χ3n) is 4.74. The number of nitrogens with two attached hydrogens (primary N) is 1. The van der Waals surface area contributed by atoms with Gasteiger partial charge < -0.3 is 5.73 Å². The van der Waals surface area contributed by atoms with Gasteiger partial charge in [-0.05, 0) is 61.9 Å². The third kappa shape index (κ3) is 4.44. The zero-order chi connectivity index (χ0) is 15.4. The van der Waals surface area contributed by atoms with E-state index in [1.807, 2.05) is 12.1 Å². The van der Waals surface area contributed by atoms with Gasteiger partial charge in [0.25, 0.3) is 0 Å². The van der Waals surface area contributed by atoms with Crippen molar-refractivity contribution in [2.24, 2.45) is 17.6 Å². The summed E-state index contributed by atoms with van der Waals surface area (Å²) >= 11 is 9.70. The van der Waals surface area contributed by atoms with E-state index in [4.69, 9.17) is 17.3 Å². The van der Waals surface area contributed by atoms with Crippen molar-refractivity contribution in [1.82, 2.24) is 4.90 Å². The largest absolute Gasteiger partial charge is 0.329 e. The molecule has 1 aliphatic heterocycles. The summed E-state index contributed by atoms with van der Waals surface area (Å²) in [6.45, 7) is 7.61. The molecule has 2 unspecified atom stereocenters. The minimum Gasteiger partial charge on any atom is -0.329 e. The minimum atomic E-state index is 0.280. The molecule has 2 rings (SSSR count). The monoisotopic (exact) mass is 372 g/mol. The Bertz CT molecular complexity index is 464. The summed E-state index contributed by atoms with van der Waals surface area (Å²) in [4.78, 5) is 2.55. The molecule has 2 nitrogen and oxygen atoms in total. The van der Waals surface area contributed by atoms with E-state index in [2.05, 4.69) is 40.7 Å². The molecular weight excluding hydrogens is 348 g/mol. The minimum absolute atomic E-state index is 0.280. The number of likely N-dealkylation sites (tertiary alicyclic amines) is 1. The molecule has 1 heterocycles. The molecule has 1 aromatic rings. The molecule has 0 spiro atoms. The molecule has 1 saturated heterocycles. The van der Waals surface area contributed by atoms with Crippen molar-refractivity contribution < 1.29 is 0 Å². The van der Waals surface area contributed by atoms with Crippen molar-refractivity contribution in [3.05, 3.63) is 33.3 Å². The molecule has 0 radical (unpaired) electrons. The first kappa shape index (κ1) is 17.3. The number of nitrogens with zero attached hydrogens (tertiary/aromatic N) is 1. The lowest BCUT2D eigenvalue weighted by atomic mass is 9.89. The molecule has 0 aromatic heterocycles. The first-order chi connectivity index (χ1) is 10.0. The van der Waals surface area contributed by atoms with E-state index in [9.17, 15) is 0 Å². The average Bonchev–Trinajstić information content (AvgIpc) is 2.68. The lowest BCUT2D eigenvalue weighted by Crippen LogP contribution is -2.35. The van der Waals surface area contributed by atoms with Gasteiger partial charge in [0.1, 0.15) is 0 Å². The van der Waals surface area contributed by atoms with Crippen LogP contribution in [0.2, 0.25) is 5.02 Å². The number of rotatable bonds is 4. The lowest BCUT2D eigenvalue weighted by molar-refractivity contribution is 0.203. The molecule has 1 fully saturated rings. The van der Waals surface area contributed by atoms with E-state index in [1.54, 1.807) is 0 Å². The van der Waals surface area contributed by atoms with Gasteiger partial charge in [-0.2, -0.15) is 0 Å². The first-order valence-electron chi connectivity index (χ1n) is 7.92. The Hall–Kier alpha value is -0.0900. The van der Waals surface area contributed by atoms with Gasteiger partial charge in [0.05, 0.1) is 0 Å². The first-order valence-corrected chi connectivity index (χ1v) is 9.09. The van der Waals surface area contributed by atoms with Gasteiger partial charge in [-0.3, -0.25) is 4.90 Å². The lowest BCUT2D eigenvalue weighted by Gasteiger charge is -2.31. The van der Waals surface area contributed by atoms with E-state index < -0.39 is 0 Å². The SMILES string of the molecule is CC(C)C1CCCN(C(CN)c2ccc(Cl)cc2Br)CC1. The molecule has 0 amide bonds. The Morgan fingerprint density at radius 3 is 2.71 bits per heavy atom. The smallest absolute Gasteiger partial charge is 0.0481 e. The fourth-order valence-electron chi connectivity index (χ4n) is 3.37. The zero-order valence-electron chi connectivity index (χ0n) is 13.0. The van der Waals surface area contributed by atoms with Crippen molar-refractivity contribution in [3.63, 3.8) is 0 Å². The summed E-state index contributed by atoms with van der Waals surface area (Å²) in [7, 11) is 0. The third-order valence-corrected chi connectivity index (χ3v) is 5.66. The molecule has 0 bridgehead atoms. The molecule has 118 valence electrons. The van der Waals surface area contributed by atoms with E-state index in [-0.39, 0.29) is 6.04 Å². The highest BCUT2D eigenvalue weighted by Crippen LogP contribution is 2.33. The summed E-state index contributed by atoms with van der Waals surface area (Å²) < 4.78 is 1.06. The maximum atomic E-state index is 6.09. The molecule has 1 aliphatic rings. The molecular formula is C17H26BrClN2. The molecule has 1 aromatic carbocycles. The quantitative estimate of drug-likeness (QED) is 0.816.